The standard InChI is InChI=1S/C20H21F3IN5O2/c21-14-3-2-13(18(17(14)23)28-16-4-1-12(24)11-15(16)22)19(25)31-20(26)27-5-6-29-7-9-30-10-8-29/h1-4,11,25,28H,5-10H2,(H2,26,27). The fourth-order valence-corrected chi connectivity index (χ4v) is 3.36. The zero-order valence-corrected chi connectivity index (χ0v) is 18.6. The number of anilines is 2. The number of hydrogen-bond acceptors (Lipinski definition) is 6. The van der Waals surface area contributed by atoms with Gasteiger partial charge in [0.15, 0.2) is 11.6 Å². The average molecular weight is 547 g/mol. The maximum absolute atomic E-state index is 14.5. The fourth-order valence-electron chi connectivity index (χ4n) is 2.91. The van der Waals surface area contributed by atoms with Crippen LogP contribution in [0.5, 0.6) is 0 Å². The van der Waals surface area contributed by atoms with E-state index in [9.17, 15) is 13.2 Å². The van der Waals surface area contributed by atoms with Crippen LogP contribution in [0.1, 0.15) is 5.56 Å². The van der Waals surface area contributed by atoms with Crippen molar-refractivity contribution in [1.82, 2.24) is 4.90 Å². The Morgan fingerprint density at radius 3 is 2.65 bits per heavy atom. The van der Waals surface area contributed by atoms with Gasteiger partial charge in [-0.05, 0) is 52.9 Å². The second-order valence-corrected chi connectivity index (χ2v) is 7.88. The molecule has 0 unspecified atom stereocenters. The van der Waals surface area contributed by atoms with Crippen molar-refractivity contribution in [2.45, 2.75) is 0 Å². The molecule has 0 aliphatic carbocycles. The van der Waals surface area contributed by atoms with Gasteiger partial charge in [-0.15, -0.1) is 0 Å². The van der Waals surface area contributed by atoms with Crippen LogP contribution in [0.15, 0.2) is 35.3 Å². The zero-order valence-electron chi connectivity index (χ0n) is 16.4. The number of nitrogens with two attached hydrogens (primary N) is 1. The molecule has 1 aliphatic rings. The number of ether oxygens (including phenoxy) is 2. The second kappa shape index (κ2) is 10.8. The predicted molar refractivity (Wildman–Crippen MR) is 120 cm³/mol. The maximum Gasteiger partial charge on any atom is 0.288 e. The molecule has 0 spiro atoms. The molecule has 11 heteroatoms. The molecule has 7 nitrogen and oxygen atoms in total. The van der Waals surface area contributed by atoms with E-state index < -0.39 is 29.0 Å². The van der Waals surface area contributed by atoms with Crippen LogP contribution in [-0.4, -0.2) is 56.2 Å². The molecule has 3 rings (SSSR count). The van der Waals surface area contributed by atoms with Crippen LogP contribution in [0.4, 0.5) is 24.5 Å². The minimum atomic E-state index is -1.27. The largest absolute Gasteiger partial charge is 0.407 e. The van der Waals surface area contributed by atoms with Gasteiger partial charge in [0.2, 0.25) is 5.90 Å². The smallest absolute Gasteiger partial charge is 0.288 e. The highest BCUT2D eigenvalue weighted by molar-refractivity contribution is 14.1. The van der Waals surface area contributed by atoms with Gasteiger partial charge in [-0.3, -0.25) is 10.3 Å². The molecule has 2 aromatic carbocycles. The van der Waals surface area contributed by atoms with Crippen LogP contribution in [-0.2, 0) is 9.47 Å². The molecule has 0 bridgehead atoms. The Bertz CT molecular complexity index is 984. The third kappa shape index (κ3) is 6.31. The van der Waals surface area contributed by atoms with Crippen molar-refractivity contribution in [3.8, 4) is 0 Å². The number of hydrogen-bond donors (Lipinski definition) is 3. The molecule has 0 saturated carbocycles. The van der Waals surface area contributed by atoms with Crippen molar-refractivity contribution < 1.29 is 22.6 Å². The highest BCUT2D eigenvalue weighted by atomic mass is 127. The van der Waals surface area contributed by atoms with Crippen molar-refractivity contribution in [2.75, 3.05) is 44.7 Å². The van der Waals surface area contributed by atoms with Crippen LogP contribution < -0.4 is 11.1 Å². The minimum Gasteiger partial charge on any atom is -0.407 e. The molecule has 1 heterocycles. The molecule has 2 aromatic rings. The second-order valence-electron chi connectivity index (χ2n) is 6.64. The number of amidine groups is 1. The molecular formula is C20H21F3IN5O2. The number of aliphatic imine (C=N–C) groups is 1. The van der Waals surface area contributed by atoms with E-state index in [4.69, 9.17) is 20.6 Å². The lowest BCUT2D eigenvalue weighted by atomic mass is 10.1. The van der Waals surface area contributed by atoms with Crippen molar-refractivity contribution >= 4 is 45.9 Å². The monoisotopic (exact) mass is 547 g/mol. The molecule has 1 saturated heterocycles. The van der Waals surface area contributed by atoms with Crippen molar-refractivity contribution in [3.63, 3.8) is 0 Å². The zero-order chi connectivity index (χ0) is 22.4. The topological polar surface area (TPSA) is 96.0 Å². The number of rotatable bonds is 6. The Balaban J connectivity index is 1.72. The SMILES string of the molecule is N=C(OC(N)=NCCN1CCOCC1)c1ccc(F)c(F)c1Nc1ccc(I)cc1F. The lowest BCUT2D eigenvalue weighted by Crippen LogP contribution is -2.38. The van der Waals surface area contributed by atoms with Crippen LogP contribution in [0, 0.1) is 26.4 Å². The summed E-state index contributed by atoms with van der Waals surface area (Å²) in [6.45, 7) is 3.90. The molecule has 1 fully saturated rings. The van der Waals surface area contributed by atoms with Crippen molar-refractivity contribution in [1.29, 1.82) is 5.41 Å². The average Bonchev–Trinajstić information content (AvgIpc) is 2.74. The summed E-state index contributed by atoms with van der Waals surface area (Å²) in [5.41, 5.74) is 5.08. The van der Waals surface area contributed by atoms with E-state index in [1.165, 1.54) is 12.1 Å². The summed E-state index contributed by atoms with van der Waals surface area (Å²) < 4.78 is 53.6. The Morgan fingerprint density at radius 2 is 1.94 bits per heavy atom. The number of nitrogens with one attached hydrogen (secondary N) is 2. The first-order chi connectivity index (χ1) is 14.8. The van der Waals surface area contributed by atoms with Gasteiger partial charge < -0.3 is 20.5 Å². The summed E-state index contributed by atoms with van der Waals surface area (Å²) in [5, 5.41) is 10.6. The number of benzene rings is 2. The highest BCUT2D eigenvalue weighted by Crippen LogP contribution is 2.29. The van der Waals surface area contributed by atoms with Crippen LogP contribution in [0.2, 0.25) is 0 Å². The summed E-state index contributed by atoms with van der Waals surface area (Å²) in [4.78, 5) is 6.21. The van der Waals surface area contributed by atoms with Crippen LogP contribution in [0.25, 0.3) is 0 Å². The Kier molecular flexibility index (Phi) is 8.09. The van der Waals surface area contributed by atoms with E-state index in [0.717, 1.165) is 25.2 Å². The third-order valence-corrected chi connectivity index (χ3v) is 5.20. The van der Waals surface area contributed by atoms with Crippen molar-refractivity contribution in [2.24, 2.45) is 10.7 Å². The molecule has 31 heavy (non-hydrogen) atoms. The van der Waals surface area contributed by atoms with Gasteiger partial charge in [0, 0.05) is 23.2 Å². The Hall–Kier alpha value is -2.38. The Labute approximate surface area is 191 Å². The molecule has 166 valence electrons. The Morgan fingerprint density at radius 1 is 1.19 bits per heavy atom. The molecule has 0 amide bonds. The van der Waals surface area contributed by atoms with Gasteiger partial charge in [-0.25, -0.2) is 18.2 Å². The minimum absolute atomic E-state index is 0.0777. The summed E-state index contributed by atoms with van der Waals surface area (Å²) in [6, 6.07) is 5.94. The first-order valence-electron chi connectivity index (χ1n) is 9.42. The normalized spacial score (nSPS) is 15.0. The van der Waals surface area contributed by atoms with Gasteiger partial charge in [0.1, 0.15) is 5.82 Å². The lowest BCUT2D eigenvalue weighted by Gasteiger charge is -2.25. The van der Waals surface area contributed by atoms with Gasteiger partial charge in [-0.1, -0.05) is 0 Å². The van der Waals surface area contributed by atoms with E-state index in [2.05, 4.69) is 15.2 Å². The van der Waals surface area contributed by atoms with Crippen LogP contribution in [0.3, 0.4) is 0 Å². The molecule has 0 radical (unpaired) electrons. The van der Waals surface area contributed by atoms with Gasteiger partial charge >= 0.3 is 0 Å². The van der Waals surface area contributed by atoms with E-state index in [-0.39, 0.29) is 17.3 Å². The summed E-state index contributed by atoms with van der Waals surface area (Å²) in [6.07, 6.45) is 0. The van der Waals surface area contributed by atoms with Crippen molar-refractivity contribution in [3.05, 3.63) is 56.9 Å². The van der Waals surface area contributed by atoms with Gasteiger partial charge in [-0.2, -0.15) is 0 Å². The lowest BCUT2D eigenvalue weighted by molar-refractivity contribution is 0.0394. The molecule has 4 N–H and O–H groups in total. The molecule has 0 aromatic heterocycles. The van der Waals surface area contributed by atoms with Crippen LogP contribution >= 0.6 is 22.6 Å². The molecular weight excluding hydrogens is 526 g/mol. The predicted octanol–water partition coefficient (Wildman–Crippen LogP) is 3.44. The maximum atomic E-state index is 14.5. The van der Waals surface area contributed by atoms with E-state index >= 15 is 0 Å². The number of halogens is 4. The molecule has 0 atom stereocenters. The number of morpholine rings is 1. The highest BCUT2D eigenvalue weighted by Gasteiger charge is 2.20. The first kappa shape index (κ1) is 23.3. The number of nitrogens with zero attached hydrogens (tertiary/aromatic N) is 2. The van der Waals surface area contributed by atoms with E-state index in [1.807, 2.05) is 22.6 Å². The van der Waals surface area contributed by atoms with Gasteiger partial charge in [0.05, 0.1) is 36.7 Å². The summed E-state index contributed by atoms with van der Waals surface area (Å²) in [7, 11) is 0. The molecule has 1 aliphatic heterocycles. The van der Waals surface area contributed by atoms with E-state index in [0.29, 0.717) is 29.9 Å². The summed E-state index contributed by atoms with van der Waals surface area (Å²) >= 11 is 1.93. The van der Waals surface area contributed by atoms with Gasteiger partial charge in [0.25, 0.3) is 6.02 Å². The first-order valence-corrected chi connectivity index (χ1v) is 10.5. The van der Waals surface area contributed by atoms with E-state index in [1.54, 1.807) is 6.07 Å². The summed E-state index contributed by atoms with van der Waals surface area (Å²) in [5.74, 6) is -3.64. The fraction of sp³-hybridized carbons (Fsp3) is 0.300. The third-order valence-electron chi connectivity index (χ3n) is 4.52. The quantitative estimate of drug-likeness (QED) is 0.293.